The van der Waals surface area contributed by atoms with E-state index in [9.17, 15) is 0 Å². The molecule has 0 saturated heterocycles. The summed E-state index contributed by atoms with van der Waals surface area (Å²) in [7, 11) is 0. The van der Waals surface area contributed by atoms with Crippen molar-refractivity contribution in [1.82, 2.24) is 0 Å². The maximum Gasteiger partial charge on any atom is 0.0776 e. The molecule has 0 radical (unpaired) electrons. The molecule has 0 unspecified atom stereocenters. The van der Waals surface area contributed by atoms with Crippen molar-refractivity contribution in [3.8, 4) is 0 Å². The molecule has 11 heavy (non-hydrogen) atoms. The zero-order chi connectivity index (χ0) is 8.27. The Hall–Kier alpha value is -0.540. The summed E-state index contributed by atoms with van der Waals surface area (Å²) in [6, 6.07) is 7.62. The van der Waals surface area contributed by atoms with Crippen LogP contribution in [0.5, 0.6) is 0 Å². The van der Waals surface area contributed by atoms with Crippen LogP contribution in [0.15, 0.2) is 24.3 Å². The highest BCUT2D eigenvalue weighted by molar-refractivity contribution is 8.23. The van der Waals surface area contributed by atoms with Gasteiger partial charge in [-0.3, -0.25) is 0 Å². The van der Waals surface area contributed by atoms with Gasteiger partial charge in [0.05, 0.1) is 4.20 Å². The van der Waals surface area contributed by atoms with Crippen molar-refractivity contribution in [2.45, 2.75) is 0 Å². The Balaban J connectivity index is 2.96. The summed E-state index contributed by atoms with van der Waals surface area (Å²) in [5.74, 6) is 0. The van der Waals surface area contributed by atoms with Crippen LogP contribution in [0.1, 0.15) is 5.56 Å². The first-order chi connectivity index (χ1) is 5.24. The van der Waals surface area contributed by atoms with Gasteiger partial charge in [-0.2, -0.15) is 0 Å². The zero-order valence-electron chi connectivity index (χ0n) is 6.20. The zero-order valence-corrected chi connectivity index (χ0v) is 7.84. The molecular formula is C8H9NS2. The summed E-state index contributed by atoms with van der Waals surface area (Å²) < 4.78 is 0.886. The predicted molar refractivity (Wildman–Crippen MR) is 56.1 cm³/mol. The Morgan fingerprint density at radius 1 is 1.55 bits per heavy atom. The molecule has 0 aliphatic rings. The van der Waals surface area contributed by atoms with Gasteiger partial charge < -0.3 is 5.73 Å². The van der Waals surface area contributed by atoms with Gasteiger partial charge in [-0.15, -0.1) is 11.8 Å². The van der Waals surface area contributed by atoms with E-state index in [0.717, 1.165) is 15.4 Å². The molecule has 0 aliphatic heterocycles. The van der Waals surface area contributed by atoms with Crippen molar-refractivity contribution in [3.05, 3.63) is 29.8 Å². The molecule has 1 aromatic rings. The Morgan fingerprint density at radius 2 is 2.27 bits per heavy atom. The monoisotopic (exact) mass is 183 g/mol. The van der Waals surface area contributed by atoms with Gasteiger partial charge in [-0.1, -0.05) is 24.4 Å². The van der Waals surface area contributed by atoms with Gasteiger partial charge in [0.15, 0.2) is 0 Å². The van der Waals surface area contributed by atoms with Gasteiger partial charge >= 0.3 is 0 Å². The lowest BCUT2D eigenvalue weighted by Gasteiger charge is -1.99. The fraction of sp³-hybridized carbons (Fsp3) is 0.125. The third kappa shape index (κ3) is 2.20. The molecular weight excluding hydrogens is 174 g/mol. The minimum absolute atomic E-state index is 0.763. The molecule has 1 aromatic carbocycles. The van der Waals surface area contributed by atoms with Crippen molar-refractivity contribution in [3.63, 3.8) is 0 Å². The largest absolute Gasteiger partial charge is 0.399 e. The quantitative estimate of drug-likeness (QED) is 0.534. The van der Waals surface area contributed by atoms with Crippen molar-refractivity contribution < 1.29 is 0 Å². The Labute approximate surface area is 76.0 Å². The van der Waals surface area contributed by atoms with E-state index in [1.165, 1.54) is 0 Å². The average molecular weight is 183 g/mol. The van der Waals surface area contributed by atoms with Gasteiger partial charge in [-0.05, 0) is 18.4 Å². The second-order valence-corrected chi connectivity index (χ2v) is 3.60. The molecule has 1 nitrogen and oxygen atoms in total. The van der Waals surface area contributed by atoms with Crippen LogP contribution in [0, 0.1) is 0 Å². The third-order valence-electron chi connectivity index (χ3n) is 1.31. The van der Waals surface area contributed by atoms with Crippen LogP contribution >= 0.6 is 24.0 Å². The van der Waals surface area contributed by atoms with Crippen molar-refractivity contribution >= 4 is 33.9 Å². The number of nitrogens with two attached hydrogens (primary N) is 1. The van der Waals surface area contributed by atoms with E-state index in [4.69, 9.17) is 18.0 Å². The van der Waals surface area contributed by atoms with Crippen LogP contribution in [0.3, 0.4) is 0 Å². The van der Waals surface area contributed by atoms with Crippen LogP contribution in [0.4, 0.5) is 5.69 Å². The maximum absolute atomic E-state index is 5.58. The summed E-state index contributed by atoms with van der Waals surface area (Å²) in [5.41, 5.74) is 7.38. The normalized spacial score (nSPS) is 9.55. The number of hydrogen-bond acceptors (Lipinski definition) is 3. The third-order valence-corrected chi connectivity index (χ3v) is 2.65. The highest BCUT2D eigenvalue weighted by Crippen LogP contribution is 2.13. The fourth-order valence-electron chi connectivity index (χ4n) is 0.783. The van der Waals surface area contributed by atoms with E-state index in [2.05, 4.69) is 0 Å². The minimum atomic E-state index is 0.763. The predicted octanol–water partition coefficient (Wildman–Crippen LogP) is 2.31. The molecule has 0 aliphatic carbocycles. The lowest BCUT2D eigenvalue weighted by molar-refractivity contribution is 1.66. The van der Waals surface area contributed by atoms with Crippen molar-refractivity contribution in [2.75, 3.05) is 12.0 Å². The highest BCUT2D eigenvalue weighted by Gasteiger charge is 1.97. The van der Waals surface area contributed by atoms with Gasteiger partial charge in [0, 0.05) is 11.3 Å². The lowest BCUT2D eigenvalue weighted by Crippen LogP contribution is -1.92. The second-order valence-electron chi connectivity index (χ2n) is 2.12. The Kier molecular flexibility index (Phi) is 2.91. The van der Waals surface area contributed by atoms with E-state index in [-0.39, 0.29) is 0 Å². The van der Waals surface area contributed by atoms with Gasteiger partial charge in [0.25, 0.3) is 0 Å². The molecule has 0 saturated carbocycles. The smallest absolute Gasteiger partial charge is 0.0776 e. The number of benzene rings is 1. The molecule has 3 heteroatoms. The average Bonchev–Trinajstić information content (AvgIpc) is 2.03. The van der Waals surface area contributed by atoms with E-state index in [1.54, 1.807) is 11.8 Å². The number of nitrogen functional groups attached to an aromatic ring is 1. The number of rotatable bonds is 1. The van der Waals surface area contributed by atoms with Crippen LogP contribution < -0.4 is 5.73 Å². The standard InChI is InChI=1S/C8H9NS2/c1-11-8(10)6-3-2-4-7(9)5-6/h2-5H,9H2,1H3. The van der Waals surface area contributed by atoms with E-state index >= 15 is 0 Å². The molecule has 58 valence electrons. The summed E-state index contributed by atoms with van der Waals surface area (Å²) in [4.78, 5) is 0. The lowest BCUT2D eigenvalue weighted by atomic mass is 10.2. The SMILES string of the molecule is CSC(=S)c1cccc(N)c1. The van der Waals surface area contributed by atoms with E-state index < -0.39 is 0 Å². The van der Waals surface area contributed by atoms with Crippen molar-refractivity contribution in [1.29, 1.82) is 0 Å². The molecule has 0 fully saturated rings. The number of thioether (sulfide) groups is 1. The first-order valence-electron chi connectivity index (χ1n) is 3.18. The highest BCUT2D eigenvalue weighted by atomic mass is 32.2. The summed E-state index contributed by atoms with van der Waals surface area (Å²) >= 11 is 6.65. The first-order valence-corrected chi connectivity index (χ1v) is 4.81. The minimum Gasteiger partial charge on any atom is -0.399 e. The second kappa shape index (κ2) is 3.74. The topological polar surface area (TPSA) is 26.0 Å². The molecule has 0 atom stereocenters. The Morgan fingerprint density at radius 3 is 2.82 bits per heavy atom. The van der Waals surface area contributed by atoms with Crippen LogP contribution in [0.2, 0.25) is 0 Å². The maximum atomic E-state index is 5.58. The molecule has 0 amide bonds. The van der Waals surface area contributed by atoms with Gasteiger partial charge in [0.2, 0.25) is 0 Å². The van der Waals surface area contributed by atoms with Crippen LogP contribution in [0.25, 0.3) is 0 Å². The van der Waals surface area contributed by atoms with Crippen LogP contribution in [-0.4, -0.2) is 10.5 Å². The molecule has 0 heterocycles. The molecule has 0 aromatic heterocycles. The fourth-order valence-corrected chi connectivity index (χ4v) is 1.27. The molecule has 0 bridgehead atoms. The molecule has 2 N–H and O–H groups in total. The molecule has 0 spiro atoms. The van der Waals surface area contributed by atoms with E-state index in [0.29, 0.717) is 0 Å². The van der Waals surface area contributed by atoms with Crippen LogP contribution in [-0.2, 0) is 0 Å². The molecule has 1 rings (SSSR count). The van der Waals surface area contributed by atoms with Gasteiger partial charge in [0.1, 0.15) is 0 Å². The van der Waals surface area contributed by atoms with Gasteiger partial charge in [-0.25, -0.2) is 0 Å². The summed E-state index contributed by atoms with van der Waals surface area (Å²) in [6.07, 6.45) is 1.96. The summed E-state index contributed by atoms with van der Waals surface area (Å²) in [6.45, 7) is 0. The Bertz CT molecular complexity index is 271. The number of hydrogen-bond donors (Lipinski definition) is 1. The van der Waals surface area contributed by atoms with Crippen molar-refractivity contribution in [2.24, 2.45) is 0 Å². The summed E-state index contributed by atoms with van der Waals surface area (Å²) in [5, 5.41) is 0. The number of anilines is 1. The number of thiocarbonyl (C=S) groups is 1. The first kappa shape index (κ1) is 8.56. The van der Waals surface area contributed by atoms with E-state index in [1.807, 2.05) is 30.5 Å².